The summed E-state index contributed by atoms with van der Waals surface area (Å²) in [6, 6.07) is 0.758. The molecule has 1 amide bonds. The Balaban J connectivity index is 1.09. The Kier molecular flexibility index (Phi) is 6.67. The number of aryl methyl sites for hydroxylation is 2. The number of hydrogen-bond acceptors (Lipinski definition) is 6. The number of thioether (sulfide) groups is 1. The molecule has 0 radical (unpaired) electrons. The summed E-state index contributed by atoms with van der Waals surface area (Å²) >= 11 is 3.38. The van der Waals surface area contributed by atoms with E-state index in [1.165, 1.54) is 49.0 Å². The van der Waals surface area contributed by atoms with Gasteiger partial charge < -0.3 is 9.88 Å². The lowest BCUT2D eigenvalue weighted by Gasteiger charge is -2.38. The first kappa shape index (κ1) is 21.5. The molecule has 2 aromatic rings. The molecule has 1 aliphatic heterocycles. The molecule has 2 fully saturated rings. The molecule has 2 aliphatic carbocycles. The normalized spacial score (nSPS) is 20.5. The van der Waals surface area contributed by atoms with Gasteiger partial charge in [0.2, 0.25) is 5.91 Å². The summed E-state index contributed by atoms with van der Waals surface area (Å²) in [5.74, 6) is 2.42. The first-order chi connectivity index (χ1) is 15.2. The zero-order chi connectivity index (χ0) is 21.2. The monoisotopic (exact) mass is 460 g/mol. The number of nitrogens with zero attached hydrogens (tertiary/aromatic N) is 3. The van der Waals surface area contributed by atoms with Crippen molar-refractivity contribution in [2.75, 3.05) is 31.9 Å². The lowest BCUT2D eigenvalue weighted by Crippen LogP contribution is -2.51. The molecule has 5 rings (SSSR count). The summed E-state index contributed by atoms with van der Waals surface area (Å²) in [6.45, 7) is 3.79. The molecule has 0 aromatic carbocycles. The molecule has 0 bridgehead atoms. The molecular weight excluding hydrogens is 428 g/mol. The van der Waals surface area contributed by atoms with Crippen LogP contribution in [0.15, 0.2) is 4.79 Å². The Morgan fingerprint density at radius 2 is 1.87 bits per heavy atom. The number of piperazine rings is 1. The average molecular weight is 461 g/mol. The third-order valence-electron chi connectivity index (χ3n) is 7.08. The second-order valence-corrected chi connectivity index (χ2v) is 11.3. The minimum Gasteiger partial charge on any atom is -0.340 e. The number of amides is 1. The zero-order valence-corrected chi connectivity index (χ0v) is 19.8. The third-order valence-corrected chi connectivity index (χ3v) is 9.24. The molecule has 3 heterocycles. The van der Waals surface area contributed by atoms with Crippen LogP contribution < -0.4 is 5.56 Å². The molecule has 31 heavy (non-hydrogen) atoms. The van der Waals surface area contributed by atoms with Crippen molar-refractivity contribution in [2.24, 2.45) is 0 Å². The molecule has 2 aromatic heterocycles. The first-order valence-corrected chi connectivity index (χ1v) is 13.8. The number of hydrogen-bond donors (Lipinski definition) is 1. The molecule has 168 valence electrons. The highest BCUT2D eigenvalue weighted by atomic mass is 32.2. The van der Waals surface area contributed by atoms with Gasteiger partial charge in [-0.1, -0.05) is 12.8 Å². The van der Waals surface area contributed by atoms with Crippen molar-refractivity contribution in [2.45, 2.75) is 69.6 Å². The topological polar surface area (TPSA) is 69.3 Å². The van der Waals surface area contributed by atoms with Gasteiger partial charge in [0.15, 0.2) is 0 Å². The van der Waals surface area contributed by atoms with Gasteiger partial charge in [-0.25, -0.2) is 4.98 Å². The molecule has 1 N–H and O–H groups in total. The van der Waals surface area contributed by atoms with Gasteiger partial charge >= 0.3 is 0 Å². The number of nitrogens with one attached hydrogen (secondary N) is 1. The highest BCUT2D eigenvalue weighted by Crippen LogP contribution is 2.33. The molecule has 0 spiro atoms. The minimum atomic E-state index is 0.0104. The fourth-order valence-corrected chi connectivity index (χ4v) is 7.44. The van der Waals surface area contributed by atoms with E-state index in [0.29, 0.717) is 12.2 Å². The van der Waals surface area contributed by atoms with Crippen LogP contribution in [0.4, 0.5) is 0 Å². The number of aromatic amines is 1. The number of rotatable bonds is 6. The van der Waals surface area contributed by atoms with E-state index in [4.69, 9.17) is 4.98 Å². The van der Waals surface area contributed by atoms with Gasteiger partial charge in [0.1, 0.15) is 10.7 Å². The van der Waals surface area contributed by atoms with Crippen molar-refractivity contribution in [3.63, 3.8) is 0 Å². The summed E-state index contributed by atoms with van der Waals surface area (Å²) < 4.78 is 0. The van der Waals surface area contributed by atoms with Crippen molar-refractivity contribution in [1.82, 2.24) is 19.8 Å². The maximum Gasteiger partial charge on any atom is 0.259 e. The van der Waals surface area contributed by atoms with E-state index in [1.807, 2.05) is 4.90 Å². The summed E-state index contributed by atoms with van der Waals surface area (Å²) in [7, 11) is 0. The molecule has 6 nitrogen and oxygen atoms in total. The van der Waals surface area contributed by atoms with Crippen LogP contribution in [0, 0.1) is 0 Å². The Morgan fingerprint density at radius 3 is 2.68 bits per heavy atom. The van der Waals surface area contributed by atoms with Crippen molar-refractivity contribution in [3.05, 3.63) is 26.6 Å². The number of aromatic nitrogens is 2. The van der Waals surface area contributed by atoms with E-state index in [-0.39, 0.29) is 11.5 Å². The van der Waals surface area contributed by atoms with Crippen LogP contribution in [-0.4, -0.2) is 63.6 Å². The molecule has 1 saturated carbocycles. The molecule has 0 atom stereocenters. The van der Waals surface area contributed by atoms with Crippen molar-refractivity contribution >= 4 is 39.2 Å². The highest BCUT2D eigenvalue weighted by molar-refractivity contribution is 7.98. The zero-order valence-electron chi connectivity index (χ0n) is 18.2. The fraction of sp³-hybridized carbons (Fsp3) is 0.696. The number of carbonyl (C=O) groups is 1. The number of H-pyrrole nitrogens is 1. The van der Waals surface area contributed by atoms with Crippen LogP contribution in [0.5, 0.6) is 0 Å². The van der Waals surface area contributed by atoms with Gasteiger partial charge in [0.25, 0.3) is 5.56 Å². The highest BCUT2D eigenvalue weighted by Gasteiger charge is 2.27. The van der Waals surface area contributed by atoms with Crippen molar-refractivity contribution in [3.8, 4) is 0 Å². The van der Waals surface area contributed by atoms with Crippen LogP contribution in [0.1, 0.15) is 61.2 Å². The van der Waals surface area contributed by atoms with E-state index in [1.54, 1.807) is 23.1 Å². The average Bonchev–Trinajstić information content (AvgIpc) is 3.45. The van der Waals surface area contributed by atoms with Crippen molar-refractivity contribution < 1.29 is 4.79 Å². The lowest BCUT2D eigenvalue weighted by molar-refractivity contribution is -0.132. The lowest BCUT2D eigenvalue weighted by atomic mass is 9.97. The van der Waals surface area contributed by atoms with Crippen molar-refractivity contribution in [1.29, 1.82) is 0 Å². The Morgan fingerprint density at radius 1 is 1.10 bits per heavy atom. The largest absolute Gasteiger partial charge is 0.340 e. The van der Waals surface area contributed by atoms with Gasteiger partial charge in [0, 0.05) is 49.3 Å². The predicted molar refractivity (Wildman–Crippen MR) is 128 cm³/mol. The van der Waals surface area contributed by atoms with Crippen LogP contribution in [0.2, 0.25) is 0 Å². The smallest absolute Gasteiger partial charge is 0.259 e. The molecule has 3 aliphatic rings. The quantitative estimate of drug-likeness (QED) is 0.668. The van der Waals surface area contributed by atoms with Crippen LogP contribution >= 0.6 is 23.1 Å². The summed E-state index contributed by atoms with van der Waals surface area (Å²) in [5, 5.41) is 0.820. The van der Waals surface area contributed by atoms with E-state index in [9.17, 15) is 9.59 Å². The van der Waals surface area contributed by atoms with Gasteiger partial charge in [-0.15, -0.1) is 11.3 Å². The second-order valence-electron chi connectivity index (χ2n) is 9.06. The number of carbonyl (C=O) groups excluding carboxylic acids is 1. The second kappa shape index (κ2) is 9.63. The van der Waals surface area contributed by atoms with Crippen LogP contribution in [0.25, 0.3) is 10.2 Å². The third kappa shape index (κ3) is 4.71. The van der Waals surface area contributed by atoms with Gasteiger partial charge in [-0.05, 0) is 44.1 Å². The molecule has 0 unspecified atom stereocenters. The Hall–Kier alpha value is -1.38. The summed E-state index contributed by atoms with van der Waals surface area (Å²) in [5.41, 5.74) is 1.24. The van der Waals surface area contributed by atoms with E-state index < -0.39 is 0 Å². The number of fused-ring (bicyclic) bond motifs is 3. The van der Waals surface area contributed by atoms with Gasteiger partial charge in [0.05, 0.1) is 11.1 Å². The first-order valence-electron chi connectivity index (χ1n) is 11.8. The maximum absolute atomic E-state index is 12.6. The van der Waals surface area contributed by atoms with E-state index in [0.717, 1.165) is 66.9 Å². The molecule has 1 saturated heterocycles. The maximum atomic E-state index is 12.6. The Labute approximate surface area is 191 Å². The SMILES string of the molecule is O=C(CCSCc1nc2sc3c(c2c(=O)[nH]1)CCCC3)N1CCN(C2CCCC2)CC1. The summed E-state index contributed by atoms with van der Waals surface area (Å²) in [4.78, 5) is 39.8. The van der Waals surface area contributed by atoms with Gasteiger partial charge in [-0.3, -0.25) is 14.5 Å². The van der Waals surface area contributed by atoms with E-state index >= 15 is 0 Å². The predicted octanol–water partition coefficient (Wildman–Crippen LogP) is 3.57. The molecule has 8 heteroatoms. The van der Waals surface area contributed by atoms with E-state index in [2.05, 4.69) is 9.88 Å². The van der Waals surface area contributed by atoms with Crippen LogP contribution in [-0.2, 0) is 23.4 Å². The standard InChI is InChI=1S/C23H32N4O2S2/c28-20(27-12-10-26(11-13-27)16-5-1-2-6-16)9-14-30-15-19-24-22(29)21-17-7-3-4-8-18(17)31-23(21)25-19/h16H,1-15H2,(H,24,25,29). The summed E-state index contributed by atoms with van der Waals surface area (Å²) in [6.07, 6.45) is 10.4. The van der Waals surface area contributed by atoms with Gasteiger partial charge in [-0.2, -0.15) is 11.8 Å². The number of thiophene rings is 1. The van der Waals surface area contributed by atoms with Crippen LogP contribution in [0.3, 0.4) is 0 Å². The Bertz CT molecular complexity index is 987. The minimum absolute atomic E-state index is 0.0104. The fourth-order valence-electron chi connectivity index (χ4n) is 5.37. The molecular formula is C23H32N4O2S2.